The molecular weight excluding hydrogens is 238 g/mol. The Morgan fingerprint density at radius 2 is 1.89 bits per heavy atom. The smallest absolute Gasteiger partial charge is 0.223 e. The van der Waals surface area contributed by atoms with Crippen LogP contribution in [-0.2, 0) is 13.0 Å². The molecule has 0 aliphatic rings. The van der Waals surface area contributed by atoms with Gasteiger partial charge in [0.05, 0.1) is 0 Å². The highest BCUT2D eigenvalue weighted by atomic mass is 16.5. The fourth-order valence-electron chi connectivity index (χ4n) is 1.97. The minimum Gasteiger partial charge on any atom is -0.472 e. The topological polar surface area (TPSA) is 61.0 Å². The van der Waals surface area contributed by atoms with E-state index in [4.69, 9.17) is 10.5 Å². The van der Waals surface area contributed by atoms with Gasteiger partial charge in [0.15, 0.2) is 0 Å². The molecule has 0 saturated heterocycles. The van der Waals surface area contributed by atoms with Crippen molar-refractivity contribution in [2.45, 2.75) is 33.3 Å². The first kappa shape index (κ1) is 13.3. The molecule has 2 aromatic rings. The maximum atomic E-state index is 5.81. The van der Waals surface area contributed by atoms with Crippen molar-refractivity contribution in [3.63, 3.8) is 0 Å². The van der Waals surface area contributed by atoms with Crippen LogP contribution in [0.1, 0.15) is 30.2 Å². The van der Waals surface area contributed by atoms with Crippen molar-refractivity contribution >= 4 is 5.95 Å². The molecule has 4 nitrogen and oxygen atoms in total. The molecule has 4 heteroatoms. The summed E-state index contributed by atoms with van der Waals surface area (Å²) in [5.74, 6) is 0.871. The van der Waals surface area contributed by atoms with Crippen LogP contribution in [0, 0.1) is 6.92 Å². The van der Waals surface area contributed by atoms with Gasteiger partial charge in [0, 0.05) is 11.3 Å². The van der Waals surface area contributed by atoms with Gasteiger partial charge in [0.1, 0.15) is 6.61 Å². The summed E-state index contributed by atoms with van der Waals surface area (Å²) in [4.78, 5) is 8.41. The average molecular weight is 257 g/mol. The molecule has 0 spiro atoms. The lowest BCUT2D eigenvalue weighted by atomic mass is 10.1. The van der Waals surface area contributed by atoms with Gasteiger partial charge in [-0.3, -0.25) is 0 Å². The highest BCUT2D eigenvalue weighted by Crippen LogP contribution is 2.22. The van der Waals surface area contributed by atoms with Crippen LogP contribution in [-0.4, -0.2) is 9.97 Å². The molecule has 0 unspecified atom stereocenters. The monoisotopic (exact) mass is 257 g/mol. The van der Waals surface area contributed by atoms with E-state index in [0.29, 0.717) is 12.5 Å². The molecule has 0 aliphatic carbocycles. The second-order valence-corrected chi connectivity index (χ2v) is 4.48. The summed E-state index contributed by atoms with van der Waals surface area (Å²) in [6, 6.07) is 10.0. The fraction of sp³-hybridized carbons (Fsp3) is 0.333. The highest BCUT2D eigenvalue weighted by Gasteiger charge is 2.11. The lowest BCUT2D eigenvalue weighted by Gasteiger charge is -2.12. The average Bonchev–Trinajstić information content (AvgIpc) is 2.41. The van der Waals surface area contributed by atoms with Gasteiger partial charge in [-0.2, -0.15) is 4.98 Å². The van der Waals surface area contributed by atoms with Crippen molar-refractivity contribution in [3.05, 3.63) is 47.2 Å². The van der Waals surface area contributed by atoms with Crippen molar-refractivity contribution in [2.75, 3.05) is 5.73 Å². The Balaban J connectivity index is 2.19. The number of ether oxygens (including phenoxy) is 1. The summed E-state index contributed by atoms with van der Waals surface area (Å²) in [5, 5.41) is 0. The van der Waals surface area contributed by atoms with Crippen molar-refractivity contribution in [1.82, 2.24) is 9.97 Å². The Kier molecular flexibility index (Phi) is 4.34. The summed E-state index contributed by atoms with van der Waals surface area (Å²) in [6.45, 7) is 4.56. The first-order valence-corrected chi connectivity index (χ1v) is 6.50. The van der Waals surface area contributed by atoms with E-state index in [1.807, 2.05) is 37.3 Å². The molecule has 1 heterocycles. The largest absolute Gasteiger partial charge is 0.472 e. The van der Waals surface area contributed by atoms with E-state index in [1.54, 1.807) is 0 Å². The van der Waals surface area contributed by atoms with E-state index in [2.05, 4.69) is 16.9 Å². The maximum absolute atomic E-state index is 5.81. The van der Waals surface area contributed by atoms with Crippen LogP contribution in [0.2, 0.25) is 0 Å². The molecule has 0 fully saturated rings. The molecular formula is C15H19N3O. The van der Waals surface area contributed by atoms with Crippen molar-refractivity contribution in [3.8, 4) is 5.88 Å². The number of hydrogen-bond donors (Lipinski definition) is 1. The third-order valence-electron chi connectivity index (χ3n) is 2.91. The molecule has 19 heavy (non-hydrogen) atoms. The Labute approximate surface area is 113 Å². The molecule has 2 N–H and O–H groups in total. The van der Waals surface area contributed by atoms with Crippen LogP contribution in [0.3, 0.4) is 0 Å². The predicted octanol–water partition coefficient (Wildman–Crippen LogP) is 2.90. The predicted molar refractivity (Wildman–Crippen MR) is 76.0 cm³/mol. The number of anilines is 1. The molecule has 1 aromatic heterocycles. The van der Waals surface area contributed by atoms with Gasteiger partial charge >= 0.3 is 0 Å². The Morgan fingerprint density at radius 3 is 2.58 bits per heavy atom. The number of benzene rings is 1. The normalized spacial score (nSPS) is 10.4. The number of hydrogen-bond acceptors (Lipinski definition) is 4. The molecule has 0 atom stereocenters. The van der Waals surface area contributed by atoms with Crippen LogP contribution < -0.4 is 10.5 Å². The number of nitrogen functional groups attached to an aromatic ring is 1. The quantitative estimate of drug-likeness (QED) is 0.894. The van der Waals surface area contributed by atoms with Gasteiger partial charge in [-0.25, -0.2) is 4.98 Å². The van der Waals surface area contributed by atoms with E-state index < -0.39 is 0 Å². The summed E-state index contributed by atoms with van der Waals surface area (Å²) in [5.41, 5.74) is 8.75. The van der Waals surface area contributed by atoms with Crippen LogP contribution >= 0.6 is 0 Å². The zero-order chi connectivity index (χ0) is 13.7. The van der Waals surface area contributed by atoms with Crippen molar-refractivity contribution in [1.29, 1.82) is 0 Å². The first-order chi connectivity index (χ1) is 9.20. The molecule has 0 radical (unpaired) electrons. The van der Waals surface area contributed by atoms with Gasteiger partial charge < -0.3 is 10.5 Å². The summed E-state index contributed by atoms with van der Waals surface area (Å²) < 4.78 is 5.81. The van der Waals surface area contributed by atoms with Gasteiger partial charge in [-0.1, -0.05) is 43.7 Å². The Morgan fingerprint density at radius 1 is 1.16 bits per heavy atom. The van der Waals surface area contributed by atoms with E-state index in [0.717, 1.165) is 29.7 Å². The lowest BCUT2D eigenvalue weighted by Crippen LogP contribution is -2.07. The first-order valence-electron chi connectivity index (χ1n) is 6.50. The number of nitrogens with zero attached hydrogens (tertiary/aromatic N) is 2. The number of aromatic nitrogens is 2. The number of rotatable bonds is 5. The minimum atomic E-state index is 0.264. The second kappa shape index (κ2) is 6.18. The van der Waals surface area contributed by atoms with Crippen LogP contribution in [0.25, 0.3) is 0 Å². The third kappa shape index (κ3) is 3.44. The van der Waals surface area contributed by atoms with Crippen LogP contribution in [0.15, 0.2) is 30.3 Å². The Hall–Kier alpha value is -2.10. The molecule has 0 bridgehead atoms. The zero-order valence-corrected chi connectivity index (χ0v) is 11.4. The van der Waals surface area contributed by atoms with Gasteiger partial charge in [0.25, 0.3) is 0 Å². The minimum absolute atomic E-state index is 0.264. The van der Waals surface area contributed by atoms with E-state index in [1.165, 1.54) is 0 Å². The maximum Gasteiger partial charge on any atom is 0.223 e. The number of aryl methyl sites for hydroxylation is 1. The third-order valence-corrected chi connectivity index (χ3v) is 2.91. The molecule has 0 saturated carbocycles. The van der Waals surface area contributed by atoms with Crippen molar-refractivity contribution in [2.24, 2.45) is 0 Å². The highest BCUT2D eigenvalue weighted by molar-refractivity contribution is 5.36. The van der Waals surface area contributed by atoms with Crippen LogP contribution in [0.4, 0.5) is 5.95 Å². The van der Waals surface area contributed by atoms with E-state index in [9.17, 15) is 0 Å². The SMILES string of the molecule is CCCc1c(C)nc(N)nc1OCc1ccccc1. The van der Waals surface area contributed by atoms with Gasteiger partial charge in [0.2, 0.25) is 11.8 Å². The molecule has 1 aromatic carbocycles. The summed E-state index contributed by atoms with van der Waals surface area (Å²) >= 11 is 0. The van der Waals surface area contributed by atoms with E-state index in [-0.39, 0.29) is 5.95 Å². The molecule has 2 rings (SSSR count). The Bertz CT molecular complexity index is 541. The number of nitrogens with two attached hydrogens (primary N) is 1. The fourth-order valence-corrected chi connectivity index (χ4v) is 1.97. The van der Waals surface area contributed by atoms with Crippen molar-refractivity contribution < 1.29 is 4.74 Å². The van der Waals surface area contributed by atoms with Gasteiger partial charge in [-0.15, -0.1) is 0 Å². The second-order valence-electron chi connectivity index (χ2n) is 4.48. The van der Waals surface area contributed by atoms with Crippen LogP contribution in [0.5, 0.6) is 5.88 Å². The zero-order valence-electron chi connectivity index (χ0n) is 11.4. The molecule has 0 aliphatic heterocycles. The van der Waals surface area contributed by atoms with E-state index >= 15 is 0 Å². The molecule has 100 valence electrons. The summed E-state index contributed by atoms with van der Waals surface area (Å²) in [7, 11) is 0. The standard InChI is InChI=1S/C15H19N3O/c1-3-7-13-11(2)17-15(16)18-14(13)19-10-12-8-5-4-6-9-12/h4-6,8-9H,3,7,10H2,1-2H3,(H2,16,17,18). The van der Waals surface area contributed by atoms with Gasteiger partial charge in [-0.05, 0) is 18.9 Å². The lowest BCUT2D eigenvalue weighted by molar-refractivity contribution is 0.289. The molecule has 0 amide bonds. The summed E-state index contributed by atoms with van der Waals surface area (Å²) in [6.07, 6.45) is 1.92.